The second-order valence-corrected chi connectivity index (χ2v) is 10.2. The predicted octanol–water partition coefficient (Wildman–Crippen LogP) is 3.70. The molecule has 0 aliphatic carbocycles. The second-order valence-electron chi connectivity index (χ2n) is 7.36. The maximum Gasteiger partial charge on any atom is 0.243 e. The van der Waals surface area contributed by atoms with E-state index in [0.717, 1.165) is 5.56 Å². The van der Waals surface area contributed by atoms with Crippen molar-refractivity contribution in [3.8, 4) is 5.75 Å². The van der Waals surface area contributed by atoms with E-state index >= 15 is 0 Å². The number of thioether (sulfide) groups is 1. The lowest BCUT2D eigenvalue weighted by molar-refractivity contribution is -0.126. The number of benzene rings is 2. The van der Waals surface area contributed by atoms with Gasteiger partial charge < -0.3 is 10.1 Å². The molecule has 1 amide bonds. The summed E-state index contributed by atoms with van der Waals surface area (Å²) in [6.07, 6.45) is 3.06. The van der Waals surface area contributed by atoms with Gasteiger partial charge in [0.25, 0.3) is 0 Å². The lowest BCUT2D eigenvalue weighted by atomic mass is 9.96. The summed E-state index contributed by atoms with van der Waals surface area (Å²) in [4.78, 5) is 14.1. The van der Waals surface area contributed by atoms with Crippen LogP contribution in [0.3, 0.4) is 0 Å². The van der Waals surface area contributed by atoms with E-state index in [2.05, 4.69) is 5.32 Å². The molecule has 2 aromatic rings. The molecule has 0 unspecified atom stereocenters. The molecule has 30 heavy (non-hydrogen) atoms. The molecule has 0 spiro atoms. The summed E-state index contributed by atoms with van der Waals surface area (Å²) in [6.45, 7) is 2.64. The molecule has 162 valence electrons. The van der Waals surface area contributed by atoms with Crippen molar-refractivity contribution < 1.29 is 17.9 Å². The van der Waals surface area contributed by atoms with Gasteiger partial charge in [-0.2, -0.15) is 4.31 Å². The second kappa shape index (κ2) is 9.85. The summed E-state index contributed by atoms with van der Waals surface area (Å²) in [5, 5.41) is 3.07. The Morgan fingerprint density at radius 2 is 1.70 bits per heavy atom. The van der Waals surface area contributed by atoms with Crippen molar-refractivity contribution in [1.82, 2.24) is 9.62 Å². The Bertz CT molecular complexity index is 952. The van der Waals surface area contributed by atoms with Crippen LogP contribution >= 0.6 is 11.8 Å². The number of sulfonamides is 1. The molecule has 1 N–H and O–H groups in total. The third-order valence-corrected chi connectivity index (χ3v) is 8.15. The molecular weight excluding hydrogens is 420 g/mol. The third kappa shape index (κ3) is 5.17. The van der Waals surface area contributed by atoms with Crippen LogP contribution in [0.4, 0.5) is 0 Å². The molecule has 0 bridgehead atoms. The van der Waals surface area contributed by atoms with Gasteiger partial charge in [-0.15, -0.1) is 11.8 Å². The first-order valence-corrected chi connectivity index (χ1v) is 12.6. The fourth-order valence-corrected chi connectivity index (χ4v) is 5.44. The van der Waals surface area contributed by atoms with Crippen molar-refractivity contribution in [1.29, 1.82) is 0 Å². The van der Waals surface area contributed by atoms with E-state index in [0.29, 0.717) is 31.7 Å². The van der Waals surface area contributed by atoms with Gasteiger partial charge in [0.05, 0.1) is 18.0 Å². The highest BCUT2D eigenvalue weighted by molar-refractivity contribution is 7.98. The number of methoxy groups -OCH3 is 1. The number of hydrogen-bond donors (Lipinski definition) is 1. The largest absolute Gasteiger partial charge is 0.497 e. The van der Waals surface area contributed by atoms with Crippen LogP contribution in [0.25, 0.3) is 0 Å². The minimum Gasteiger partial charge on any atom is -0.497 e. The molecule has 1 aliphatic heterocycles. The zero-order valence-electron chi connectivity index (χ0n) is 17.5. The first kappa shape index (κ1) is 22.7. The monoisotopic (exact) mass is 448 g/mol. The zero-order valence-corrected chi connectivity index (χ0v) is 19.1. The molecule has 1 fully saturated rings. The molecule has 8 heteroatoms. The van der Waals surface area contributed by atoms with Gasteiger partial charge in [0.2, 0.25) is 15.9 Å². The highest BCUT2D eigenvalue weighted by Gasteiger charge is 2.32. The highest BCUT2D eigenvalue weighted by atomic mass is 32.2. The molecule has 1 saturated heterocycles. The van der Waals surface area contributed by atoms with Crippen LogP contribution in [0.15, 0.2) is 58.3 Å². The Labute approximate surface area is 183 Å². The number of carbonyl (C=O) groups excluding carboxylic acids is 1. The molecule has 0 aromatic heterocycles. The third-order valence-electron chi connectivity index (χ3n) is 5.50. The van der Waals surface area contributed by atoms with Gasteiger partial charge in [-0.05, 0) is 68.0 Å². The average Bonchev–Trinajstić information content (AvgIpc) is 2.79. The molecule has 1 heterocycles. The fraction of sp³-hybridized carbons (Fsp3) is 0.409. The molecule has 0 radical (unpaired) electrons. The van der Waals surface area contributed by atoms with E-state index in [9.17, 15) is 13.2 Å². The zero-order chi connectivity index (χ0) is 21.7. The number of rotatable bonds is 7. The summed E-state index contributed by atoms with van der Waals surface area (Å²) in [6, 6.07) is 14.4. The maximum absolute atomic E-state index is 12.9. The van der Waals surface area contributed by atoms with Gasteiger partial charge >= 0.3 is 0 Å². The molecule has 1 aliphatic rings. The summed E-state index contributed by atoms with van der Waals surface area (Å²) in [5.41, 5.74) is 1.06. The Kier molecular flexibility index (Phi) is 7.44. The molecule has 3 rings (SSSR count). The van der Waals surface area contributed by atoms with E-state index in [1.165, 1.54) is 9.20 Å². The van der Waals surface area contributed by atoms with Crippen molar-refractivity contribution >= 4 is 27.7 Å². The number of nitrogens with one attached hydrogen (secondary N) is 1. The average molecular weight is 449 g/mol. The van der Waals surface area contributed by atoms with Crippen LogP contribution < -0.4 is 10.1 Å². The van der Waals surface area contributed by atoms with Gasteiger partial charge in [-0.1, -0.05) is 12.1 Å². The van der Waals surface area contributed by atoms with Crippen LogP contribution in [0.5, 0.6) is 5.75 Å². The van der Waals surface area contributed by atoms with Crippen molar-refractivity contribution in [2.24, 2.45) is 5.92 Å². The van der Waals surface area contributed by atoms with Gasteiger partial charge in [0.1, 0.15) is 5.75 Å². The smallest absolute Gasteiger partial charge is 0.243 e. The first-order valence-electron chi connectivity index (χ1n) is 9.93. The van der Waals surface area contributed by atoms with E-state index < -0.39 is 10.0 Å². The number of ether oxygens (including phenoxy) is 1. The first-order chi connectivity index (χ1) is 14.3. The molecular formula is C22H28N2O4S2. The van der Waals surface area contributed by atoms with Crippen molar-refractivity contribution in [3.63, 3.8) is 0 Å². The highest BCUT2D eigenvalue weighted by Crippen LogP contribution is 2.26. The van der Waals surface area contributed by atoms with Crippen LogP contribution in [0.1, 0.15) is 31.4 Å². The molecule has 2 aromatic carbocycles. The Morgan fingerprint density at radius 3 is 2.23 bits per heavy atom. The fourth-order valence-electron chi connectivity index (χ4n) is 3.56. The Morgan fingerprint density at radius 1 is 1.10 bits per heavy atom. The topological polar surface area (TPSA) is 75.7 Å². The Hall–Kier alpha value is -2.03. The molecule has 0 saturated carbocycles. The van der Waals surface area contributed by atoms with E-state index in [1.807, 2.05) is 37.4 Å². The predicted molar refractivity (Wildman–Crippen MR) is 119 cm³/mol. The number of amides is 1. The summed E-state index contributed by atoms with van der Waals surface area (Å²) in [7, 11) is -2.02. The molecule has 6 nitrogen and oxygen atoms in total. The van der Waals surface area contributed by atoms with Crippen LogP contribution in [0.2, 0.25) is 0 Å². The standard InChI is InChI=1S/C22H28N2O4S2/c1-16(17-4-8-20(29-3)9-5-17)23-22(25)18-12-14-24(15-13-18)30(26,27)21-10-6-19(28-2)7-11-21/h4-11,16,18H,12-15H2,1-3H3,(H,23,25)/t16-/m0/s1. The van der Waals surface area contributed by atoms with E-state index in [-0.39, 0.29) is 22.8 Å². The van der Waals surface area contributed by atoms with Crippen molar-refractivity contribution in [2.45, 2.75) is 35.6 Å². The maximum atomic E-state index is 12.9. The Balaban J connectivity index is 1.56. The SMILES string of the molecule is COc1ccc(S(=O)(=O)N2CCC(C(=O)N[C@@H](C)c3ccc(SC)cc3)CC2)cc1. The number of hydrogen-bond acceptors (Lipinski definition) is 5. The van der Waals surface area contributed by atoms with E-state index in [4.69, 9.17) is 4.74 Å². The summed E-state index contributed by atoms with van der Waals surface area (Å²) in [5.74, 6) is 0.416. The van der Waals surface area contributed by atoms with E-state index in [1.54, 1.807) is 43.1 Å². The van der Waals surface area contributed by atoms with Gasteiger partial charge in [-0.3, -0.25) is 4.79 Å². The van der Waals surface area contributed by atoms with Crippen LogP contribution in [0, 0.1) is 5.92 Å². The number of carbonyl (C=O) groups is 1. The number of nitrogens with zero attached hydrogens (tertiary/aromatic N) is 1. The lowest BCUT2D eigenvalue weighted by Crippen LogP contribution is -2.43. The van der Waals surface area contributed by atoms with Gasteiger partial charge in [-0.25, -0.2) is 8.42 Å². The molecule has 1 atom stereocenters. The van der Waals surface area contributed by atoms with Crippen molar-refractivity contribution in [2.75, 3.05) is 26.5 Å². The van der Waals surface area contributed by atoms with Crippen molar-refractivity contribution in [3.05, 3.63) is 54.1 Å². The quantitative estimate of drug-likeness (QED) is 0.654. The van der Waals surface area contributed by atoms with Gasteiger partial charge in [0.15, 0.2) is 0 Å². The normalized spacial score (nSPS) is 16.8. The summed E-state index contributed by atoms with van der Waals surface area (Å²) >= 11 is 1.68. The minimum atomic E-state index is -3.56. The van der Waals surface area contributed by atoms with Crippen LogP contribution in [-0.2, 0) is 14.8 Å². The number of piperidine rings is 1. The minimum absolute atomic E-state index is 0.0158. The summed E-state index contributed by atoms with van der Waals surface area (Å²) < 4.78 is 32.3. The lowest BCUT2D eigenvalue weighted by Gasteiger charge is -2.31. The van der Waals surface area contributed by atoms with Crippen LogP contribution in [-0.4, -0.2) is 45.1 Å². The van der Waals surface area contributed by atoms with Gasteiger partial charge in [0, 0.05) is 23.9 Å².